The number of rotatable bonds is 0. The van der Waals surface area contributed by atoms with Crippen LogP contribution in [0.2, 0.25) is 6.82 Å². The van der Waals surface area contributed by atoms with Crippen molar-refractivity contribution < 1.29 is 4.57 Å². The summed E-state index contributed by atoms with van der Waals surface area (Å²) in [5, 5.41) is 0. The van der Waals surface area contributed by atoms with Crippen LogP contribution in [0.1, 0.15) is 0 Å². The molecule has 1 aliphatic heterocycles. The Bertz CT molecular complexity index is 249. The molecular weight excluding hydrogens is 122 g/mol. The summed E-state index contributed by atoms with van der Waals surface area (Å²) >= 11 is 0. The normalized spacial score (nSPS) is 14.7. The molecule has 1 nitrogen and oxygen atoms in total. The van der Waals surface area contributed by atoms with Gasteiger partial charge in [-0.2, -0.15) is 0 Å². The van der Waals surface area contributed by atoms with Crippen LogP contribution in [0.25, 0.3) is 0 Å². The Morgan fingerprint density at radius 1 is 1.40 bits per heavy atom. The van der Waals surface area contributed by atoms with Gasteiger partial charge in [-0.05, 0) is 0 Å². The largest absolute Gasteiger partial charge is 0.495 e. The van der Waals surface area contributed by atoms with Gasteiger partial charge < -0.3 is 4.57 Å². The van der Waals surface area contributed by atoms with Crippen LogP contribution in [0.15, 0.2) is 24.3 Å². The third-order valence-electron chi connectivity index (χ3n) is 1.83. The first-order valence-electron chi connectivity index (χ1n) is 3.45. The number of hydrogen-bond donors (Lipinski definition) is 0. The Labute approximate surface area is 61.8 Å². The van der Waals surface area contributed by atoms with Crippen molar-refractivity contribution in [3.05, 3.63) is 24.3 Å². The maximum Gasteiger partial charge on any atom is 0.313 e. The second-order valence-electron chi connectivity index (χ2n) is 2.53. The zero-order valence-electron chi connectivity index (χ0n) is 5.87. The van der Waals surface area contributed by atoms with E-state index < -0.39 is 0 Å². The summed E-state index contributed by atoms with van der Waals surface area (Å²) in [4.78, 5) is 0. The first-order valence-corrected chi connectivity index (χ1v) is 3.45. The smallest absolute Gasteiger partial charge is 0.313 e. The van der Waals surface area contributed by atoms with Crippen molar-refractivity contribution in [2.45, 2.75) is 6.82 Å². The Morgan fingerprint density at radius 2 is 2.20 bits per heavy atom. The van der Waals surface area contributed by atoms with E-state index in [4.69, 9.17) is 4.57 Å². The summed E-state index contributed by atoms with van der Waals surface area (Å²) in [6, 6.07) is 8.23. The minimum Gasteiger partial charge on any atom is -0.495 e. The van der Waals surface area contributed by atoms with Crippen molar-refractivity contribution >= 4 is 25.3 Å². The van der Waals surface area contributed by atoms with Gasteiger partial charge in [0.05, 0.1) is 0 Å². The predicted molar refractivity (Wildman–Crippen MR) is 44.2 cm³/mol. The van der Waals surface area contributed by atoms with Crippen molar-refractivity contribution in [2.24, 2.45) is 0 Å². The summed E-state index contributed by atoms with van der Waals surface area (Å²) in [5.41, 5.74) is 2.51. The SMILES string of the molecule is CB1O[B]c2ccccc21. The molecule has 1 radical (unpaired) electrons. The zero-order valence-corrected chi connectivity index (χ0v) is 5.87. The Hall–Kier alpha value is -0.690. The van der Waals surface area contributed by atoms with Gasteiger partial charge in [0.25, 0.3) is 0 Å². The zero-order chi connectivity index (χ0) is 6.97. The molecule has 0 aliphatic carbocycles. The molecule has 1 aromatic rings. The van der Waals surface area contributed by atoms with Crippen LogP contribution in [0.4, 0.5) is 0 Å². The fourth-order valence-corrected chi connectivity index (χ4v) is 1.24. The molecule has 0 atom stereocenters. The van der Waals surface area contributed by atoms with Gasteiger partial charge in [0.1, 0.15) is 0 Å². The van der Waals surface area contributed by atoms with Crippen molar-refractivity contribution in [3.8, 4) is 0 Å². The third kappa shape index (κ3) is 0.781. The molecule has 0 bridgehead atoms. The Kier molecular flexibility index (Phi) is 1.31. The number of fused-ring (bicyclic) bond motifs is 1. The van der Waals surface area contributed by atoms with Crippen LogP contribution in [0.3, 0.4) is 0 Å². The van der Waals surface area contributed by atoms with Crippen LogP contribution in [-0.2, 0) is 4.57 Å². The van der Waals surface area contributed by atoms with E-state index in [2.05, 4.69) is 19.0 Å². The standard InChI is InChI=1S/C7H7B2O/c1-9-7-5-3-2-4-6(7)8-10-9/h2-5H,1H3. The van der Waals surface area contributed by atoms with Crippen molar-refractivity contribution in [3.63, 3.8) is 0 Å². The van der Waals surface area contributed by atoms with E-state index in [1.54, 1.807) is 0 Å². The highest BCUT2D eigenvalue weighted by molar-refractivity contribution is 6.82. The highest BCUT2D eigenvalue weighted by Crippen LogP contribution is 1.94. The maximum atomic E-state index is 5.30. The topological polar surface area (TPSA) is 9.23 Å². The Balaban J connectivity index is 2.51. The van der Waals surface area contributed by atoms with Gasteiger partial charge in [-0.25, -0.2) is 0 Å². The third-order valence-corrected chi connectivity index (χ3v) is 1.83. The molecule has 0 saturated carbocycles. The lowest BCUT2D eigenvalue weighted by Gasteiger charge is -1.97. The van der Waals surface area contributed by atoms with Crippen molar-refractivity contribution in [1.29, 1.82) is 0 Å². The van der Waals surface area contributed by atoms with Crippen molar-refractivity contribution in [2.75, 3.05) is 0 Å². The van der Waals surface area contributed by atoms with Gasteiger partial charge in [-0.15, -0.1) is 0 Å². The quantitative estimate of drug-likeness (QED) is 0.440. The highest BCUT2D eigenvalue weighted by atomic mass is 16.4. The molecule has 1 heterocycles. The molecule has 1 aromatic carbocycles. The summed E-state index contributed by atoms with van der Waals surface area (Å²) in [7, 11) is 1.82. The average molecular weight is 129 g/mol. The molecule has 0 saturated heterocycles. The van der Waals surface area contributed by atoms with E-state index >= 15 is 0 Å². The molecule has 0 fully saturated rings. The summed E-state index contributed by atoms with van der Waals surface area (Å²) < 4.78 is 5.30. The molecule has 2 rings (SSSR count). The van der Waals surface area contributed by atoms with E-state index in [-0.39, 0.29) is 6.92 Å². The fourth-order valence-electron chi connectivity index (χ4n) is 1.24. The first-order chi connectivity index (χ1) is 4.88. The fraction of sp³-hybridized carbons (Fsp3) is 0.143. The minimum atomic E-state index is 0.246. The number of benzene rings is 1. The molecule has 10 heavy (non-hydrogen) atoms. The Morgan fingerprint density at radius 3 is 3.00 bits per heavy atom. The molecule has 0 N–H and O–H groups in total. The molecule has 0 spiro atoms. The average Bonchev–Trinajstić information content (AvgIpc) is 2.34. The van der Waals surface area contributed by atoms with E-state index in [9.17, 15) is 0 Å². The molecule has 47 valence electrons. The molecular formula is C7H7B2O. The van der Waals surface area contributed by atoms with Crippen LogP contribution in [-0.4, -0.2) is 14.4 Å². The predicted octanol–water partition coefficient (Wildman–Crippen LogP) is -0.210. The van der Waals surface area contributed by atoms with E-state index in [1.165, 1.54) is 10.9 Å². The molecule has 0 unspecified atom stereocenters. The van der Waals surface area contributed by atoms with Crippen LogP contribution < -0.4 is 10.9 Å². The summed E-state index contributed by atoms with van der Waals surface area (Å²) in [5.74, 6) is 0. The second-order valence-corrected chi connectivity index (χ2v) is 2.53. The van der Waals surface area contributed by atoms with Gasteiger partial charge in [-0.3, -0.25) is 0 Å². The lowest BCUT2D eigenvalue weighted by atomic mass is 9.64. The van der Waals surface area contributed by atoms with Crippen LogP contribution >= 0.6 is 0 Å². The summed E-state index contributed by atoms with van der Waals surface area (Å²) in [6.07, 6.45) is 0. The van der Waals surface area contributed by atoms with Crippen LogP contribution in [0, 0.1) is 0 Å². The van der Waals surface area contributed by atoms with Gasteiger partial charge in [0.15, 0.2) is 0 Å². The monoisotopic (exact) mass is 129 g/mol. The first kappa shape index (κ1) is 6.05. The van der Waals surface area contributed by atoms with Crippen LogP contribution in [0.5, 0.6) is 0 Å². The van der Waals surface area contributed by atoms with Gasteiger partial charge >= 0.3 is 14.4 Å². The summed E-state index contributed by atoms with van der Waals surface area (Å²) in [6.45, 7) is 2.30. The van der Waals surface area contributed by atoms with Crippen molar-refractivity contribution in [1.82, 2.24) is 0 Å². The number of hydrogen-bond acceptors (Lipinski definition) is 1. The lowest BCUT2D eigenvalue weighted by molar-refractivity contribution is 0.650. The molecule has 0 amide bonds. The van der Waals surface area contributed by atoms with Gasteiger partial charge in [0, 0.05) is 0 Å². The van der Waals surface area contributed by atoms with E-state index in [0.29, 0.717) is 0 Å². The van der Waals surface area contributed by atoms with E-state index in [0.717, 1.165) is 0 Å². The van der Waals surface area contributed by atoms with Gasteiger partial charge in [0.2, 0.25) is 0 Å². The van der Waals surface area contributed by atoms with Gasteiger partial charge in [-0.1, -0.05) is 42.0 Å². The molecule has 1 aliphatic rings. The maximum absolute atomic E-state index is 5.30. The molecule has 3 heteroatoms. The lowest BCUT2D eigenvalue weighted by Crippen LogP contribution is -2.30. The minimum absolute atomic E-state index is 0.246. The second kappa shape index (κ2) is 2.17. The highest BCUT2D eigenvalue weighted by Gasteiger charge is 2.22. The molecule has 0 aromatic heterocycles. The van der Waals surface area contributed by atoms with E-state index in [1.807, 2.05) is 19.6 Å².